The molecular formula is C13H10F2N4S. The second-order valence-corrected chi connectivity index (χ2v) is 4.13. The molecule has 0 unspecified atom stereocenters. The first kappa shape index (κ1) is 14.0. The van der Waals surface area contributed by atoms with E-state index >= 15 is 0 Å². The van der Waals surface area contributed by atoms with Gasteiger partial charge in [0.2, 0.25) is 5.11 Å². The number of hydrazine groups is 1. The molecule has 0 aliphatic rings. The van der Waals surface area contributed by atoms with Crippen LogP contribution in [0.25, 0.3) is 0 Å². The van der Waals surface area contributed by atoms with Crippen molar-refractivity contribution in [2.24, 2.45) is 10.2 Å². The van der Waals surface area contributed by atoms with E-state index in [-0.39, 0.29) is 16.7 Å². The summed E-state index contributed by atoms with van der Waals surface area (Å²) >= 11 is 4.92. The molecule has 2 aromatic carbocycles. The average molecular weight is 292 g/mol. The molecular weight excluding hydrogens is 282 g/mol. The lowest BCUT2D eigenvalue weighted by Crippen LogP contribution is -2.25. The van der Waals surface area contributed by atoms with Crippen LogP contribution in [0.1, 0.15) is 0 Å². The summed E-state index contributed by atoms with van der Waals surface area (Å²) < 4.78 is 25.4. The molecule has 20 heavy (non-hydrogen) atoms. The number of azo groups is 1. The van der Waals surface area contributed by atoms with Gasteiger partial charge in [-0.15, -0.1) is 10.2 Å². The zero-order chi connectivity index (χ0) is 14.4. The van der Waals surface area contributed by atoms with E-state index in [0.29, 0.717) is 11.4 Å². The standard InChI is InChI=1S/C13H10F2N4S/c14-9-1-5-11(6-2-9)16-18-13(20)19-17-12-7-3-10(15)4-8-12/h1-8,16H,(H,18,20). The van der Waals surface area contributed by atoms with E-state index in [1.54, 1.807) is 12.1 Å². The quantitative estimate of drug-likeness (QED) is 0.511. The van der Waals surface area contributed by atoms with Gasteiger partial charge in [-0.3, -0.25) is 10.9 Å². The number of hydrogen-bond acceptors (Lipinski definition) is 3. The molecule has 0 atom stereocenters. The van der Waals surface area contributed by atoms with Crippen LogP contribution in [0.2, 0.25) is 0 Å². The fourth-order valence-electron chi connectivity index (χ4n) is 1.29. The van der Waals surface area contributed by atoms with E-state index in [1.165, 1.54) is 36.4 Å². The molecule has 2 rings (SSSR count). The van der Waals surface area contributed by atoms with E-state index in [0.717, 1.165) is 0 Å². The number of halogens is 2. The summed E-state index contributed by atoms with van der Waals surface area (Å²) in [6.07, 6.45) is 0. The van der Waals surface area contributed by atoms with Gasteiger partial charge in [0.25, 0.3) is 0 Å². The van der Waals surface area contributed by atoms with Gasteiger partial charge in [-0.25, -0.2) is 8.78 Å². The highest BCUT2D eigenvalue weighted by Crippen LogP contribution is 2.12. The third kappa shape index (κ3) is 4.36. The van der Waals surface area contributed by atoms with Crippen LogP contribution in [0.3, 0.4) is 0 Å². The van der Waals surface area contributed by atoms with Crippen LogP contribution in [0.4, 0.5) is 20.2 Å². The highest BCUT2D eigenvalue weighted by molar-refractivity contribution is 7.80. The molecule has 0 aromatic heterocycles. The normalized spacial score (nSPS) is 10.5. The third-order valence-corrected chi connectivity index (χ3v) is 2.42. The molecule has 0 fully saturated rings. The Bertz CT molecular complexity index is 611. The van der Waals surface area contributed by atoms with Crippen molar-refractivity contribution in [3.8, 4) is 0 Å². The Morgan fingerprint density at radius 1 is 0.900 bits per heavy atom. The molecule has 0 saturated heterocycles. The lowest BCUT2D eigenvalue weighted by atomic mass is 10.3. The number of rotatable bonds is 3. The third-order valence-electron chi connectivity index (χ3n) is 2.24. The number of benzene rings is 2. The van der Waals surface area contributed by atoms with Gasteiger partial charge in [0.15, 0.2) is 0 Å². The Balaban J connectivity index is 1.86. The molecule has 2 N–H and O–H groups in total. The van der Waals surface area contributed by atoms with Crippen LogP contribution in [0.15, 0.2) is 58.8 Å². The molecule has 2 aromatic rings. The van der Waals surface area contributed by atoms with Gasteiger partial charge in [-0.1, -0.05) is 0 Å². The second kappa shape index (κ2) is 6.67. The molecule has 0 bridgehead atoms. The van der Waals surface area contributed by atoms with Gasteiger partial charge in [-0.2, -0.15) is 0 Å². The molecule has 102 valence electrons. The summed E-state index contributed by atoms with van der Waals surface area (Å²) in [5.41, 5.74) is 6.48. The molecule has 0 spiro atoms. The van der Waals surface area contributed by atoms with Gasteiger partial charge >= 0.3 is 0 Å². The first-order valence-electron chi connectivity index (χ1n) is 5.62. The van der Waals surface area contributed by atoms with Crippen LogP contribution in [-0.4, -0.2) is 5.11 Å². The molecule has 0 aliphatic carbocycles. The van der Waals surface area contributed by atoms with Gasteiger partial charge < -0.3 is 0 Å². The Hall–Kier alpha value is -2.41. The maximum absolute atomic E-state index is 12.7. The smallest absolute Gasteiger partial charge is 0.232 e. The number of nitrogens with one attached hydrogen (secondary N) is 2. The number of hydrogen-bond donors (Lipinski definition) is 2. The van der Waals surface area contributed by atoms with Crippen molar-refractivity contribution in [1.82, 2.24) is 5.43 Å². The van der Waals surface area contributed by atoms with Crippen molar-refractivity contribution in [1.29, 1.82) is 0 Å². The summed E-state index contributed by atoms with van der Waals surface area (Å²) in [6.45, 7) is 0. The predicted octanol–water partition coefficient (Wildman–Crippen LogP) is 3.95. The van der Waals surface area contributed by atoms with Gasteiger partial charge in [-0.05, 0) is 60.7 Å². The van der Waals surface area contributed by atoms with E-state index in [1.807, 2.05) is 0 Å². The Morgan fingerprint density at radius 2 is 1.45 bits per heavy atom. The summed E-state index contributed by atoms with van der Waals surface area (Å²) in [7, 11) is 0. The minimum Gasteiger partial charge on any atom is -0.299 e. The highest BCUT2D eigenvalue weighted by atomic mass is 32.1. The van der Waals surface area contributed by atoms with Crippen LogP contribution in [0, 0.1) is 11.6 Å². The van der Waals surface area contributed by atoms with Crippen molar-refractivity contribution >= 4 is 28.7 Å². The number of anilines is 1. The monoisotopic (exact) mass is 292 g/mol. The molecule has 0 radical (unpaired) electrons. The second-order valence-electron chi connectivity index (χ2n) is 3.74. The minimum absolute atomic E-state index is 0.0960. The van der Waals surface area contributed by atoms with Crippen LogP contribution < -0.4 is 10.9 Å². The number of nitrogens with zero attached hydrogens (tertiary/aromatic N) is 2. The Labute approximate surface area is 119 Å². The van der Waals surface area contributed by atoms with E-state index in [4.69, 9.17) is 12.2 Å². The lowest BCUT2D eigenvalue weighted by molar-refractivity contribution is 0.627. The van der Waals surface area contributed by atoms with Gasteiger partial charge in [0.1, 0.15) is 11.6 Å². The molecule has 4 nitrogen and oxygen atoms in total. The van der Waals surface area contributed by atoms with E-state index in [9.17, 15) is 8.78 Å². The molecule has 0 amide bonds. The van der Waals surface area contributed by atoms with E-state index < -0.39 is 0 Å². The lowest BCUT2D eigenvalue weighted by Gasteiger charge is -2.06. The maximum atomic E-state index is 12.7. The van der Waals surface area contributed by atoms with Crippen molar-refractivity contribution in [3.05, 3.63) is 60.2 Å². The zero-order valence-corrected chi connectivity index (χ0v) is 11.0. The van der Waals surface area contributed by atoms with Crippen molar-refractivity contribution in [2.45, 2.75) is 0 Å². The van der Waals surface area contributed by atoms with Crippen LogP contribution in [0.5, 0.6) is 0 Å². The molecule has 0 saturated carbocycles. The highest BCUT2D eigenvalue weighted by Gasteiger charge is 1.95. The van der Waals surface area contributed by atoms with Gasteiger partial charge in [0, 0.05) is 0 Å². The van der Waals surface area contributed by atoms with E-state index in [2.05, 4.69) is 21.1 Å². The van der Waals surface area contributed by atoms with Crippen molar-refractivity contribution in [3.63, 3.8) is 0 Å². The SMILES string of the molecule is Fc1ccc(N=NC(=S)NNc2ccc(F)cc2)cc1. The van der Waals surface area contributed by atoms with Crippen LogP contribution in [-0.2, 0) is 0 Å². The summed E-state index contributed by atoms with van der Waals surface area (Å²) in [6, 6.07) is 11.2. The number of thiocarbonyl (C=S) groups is 1. The first-order chi connectivity index (χ1) is 9.63. The predicted molar refractivity (Wildman–Crippen MR) is 76.7 cm³/mol. The minimum atomic E-state index is -0.345. The fraction of sp³-hybridized carbons (Fsp3) is 0. The first-order valence-corrected chi connectivity index (χ1v) is 6.03. The summed E-state index contributed by atoms with van der Waals surface area (Å²) in [5.74, 6) is -0.670. The molecule has 0 heterocycles. The zero-order valence-electron chi connectivity index (χ0n) is 10.2. The largest absolute Gasteiger partial charge is 0.299 e. The molecule has 7 heteroatoms. The van der Waals surface area contributed by atoms with Crippen LogP contribution >= 0.6 is 12.2 Å². The topological polar surface area (TPSA) is 48.8 Å². The Kier molecular flexibility index (Phi) is 4.67. The Morgan fingerprint density at radius 3 is 2.05 bits per heavy atom. The maximum Gasteiger partial charge on any atom is 0.232 e. The molecule has 0 aliphatic heterocycles. The average Bonchev–Trinajstić information content (AvgIpc) is 2.46. The van der Waals surface area contributed by atoms with Crippen molar-refractivity contribution < 1.29 is 8.78 Å². The summed E-state index contributed by atoms with van der Waals surface area (Å²) in [5, 5.41) is 7.67. The fourth-order valence-corrected chi connectivity index (χ4v) is 1.39. The van der Waals surface area contributed by atoms with Gasteiger partial charge in [0.05, 0.1) is 11.4 Å². The summed E-state index contributed by atoms with van der Waals surface area (Å²) in [4.78, 5) is 0. The van der Waals surface area contributed by atoms with Crippen molar-refractivity contribution in [2.75, 3.05) is 5.43 Å².